The molecule has 6 heteroatoms. The summed E-state index contributed by atoms with van der Waals surface area (Å²) in [5.74, 6) is 0.0212. The van der Waals surface area contributed by atoms with E-state index in [1.54, 1.807) is 21.9 Å². The number of aromatic nitrogens is 2. The average molecular weight is 252 g/mol. The Morgan fingerprint density at radius 1 is 1.28 bits per heavy atom. The van der Waals surface area contributed by atoms with E-state index >= 15 is 0 Å². The largest absolute Gasteiger partial charge is 0.339 e. The maximum atomic E-state index is 12.0. The van der Waals surface area contributed by atoms with Gasteiger partial charge in [-0.15, -0.1) is 0 Å². The molecule has 6 nitrogen and oxygen atoms in total. The third-order valence-electron chi connectivity index (χ3n) is 3.16. The lowest BCUT2D eigenvalue weighted by atomic mass is 10.3. The van der Waals surface area contributed by atoms with E-state index in [9.17, 15) is 9.59 Å². The molecule has 18 heavy (non-hydrogen) atoms. The highest BCUT2D eigenvalue weighted by Gasteiger charge is 2.17. The molecule has 2 rings (SSSR count). The molecule has 1 aromatic rings. The first-order valence-corrected chi connectivity index (χ1v) is 6.46. The first kappa shape index (κ1) is 12.9. The number of piperazine rings is 1. The molecule has 1 aliphatic heterocycles. The predicted octanol–water partition coefficient (Wildman–Crippen LogP) is -0.508. The second-order valence-electron chi connectivity index (χ2n) is 4.53. The Kier molecular flexibility index (Phi) is 4.19. The minimum absolute atomic E-state index is 0.0212. The molecule has 0 bridgehead atoms. The second-order valence-corrected chi connectivity index (χ2v) is 4.53. The highest BCUT2D eigenvalue weighted by Crippen LogP contribution is 1.96. The summed E-state index contributed by atoms with van der Waals surface area (Å²) in [6.07, 6.45) is 4.35. The first-order valence-electron chi connectivity index (χ1n) is 6.46. The molecular weight excluding hydrogens is 232 g/mol. The zero-order chi connectivity index (χ0) is 13.0. The van der Waals surface area contributed by atoms with Crippen LogP contribution in [0.2, 0.25) is 0 Å². The summed E-state index contributed by atoms with van der Waals surface area (Å²) in [5.41, 5.74) is -0.0969. The van der Waals surface area contributed by atoms with Gasteiger partial charge in [-0.25, -0.2) is 4.79 Å². The summed E-state index contributed by atoms with van der Waals surface area (Å²) >= 11 is 0. The summed E-state index contributed by atoms with van der Waals surface area (Å²) in [4.78, 5) is 25.7. The Balaban J connectivity index is 2.00. The fourth-order valence-electron chi connectivity index (χ4n) is 2.14. The lowest BCUT2D eigenvalue weighted by Crippen LogP contribution is -2.48. The molecule has 0 spiro atoms. The molecule has 1 saturated heterocycles. The topological polar surface area (TPSA) is 59.3 Å². The number of aryl methyl sites for hydroxylation is 1. The minimum Gasteiger partial charge on any atom is -0.339 e. The number of rotatable bonds is 4. The van der Waals surface area contributed by atoms with Crippen molar-refractivity contribution >= 4 is 5.91 Å². The van der Waals surface area contributed by atoms with E-state index < -0.39 is 0 Å². The summed E-state index contributed by atoms with van der Waals surface area (Å²) in [6, 6.07) is 0. The van der Waals surface area contributed by atoms with Crippen LogP contribution in [0.1, 0.15) is 13.3 Å². The molecule has 1 N–H and O–H groups in total. The van der Waals surface area contributed by atoms with Crippen LogP contribution in [-0.4, -0.2) is 46.1 Å². The van der Waals surface area contributed by atoms with Crippen LogP contribution < -0.4 is 11.0 Å². The van der Waals surface area contributed by atoms with Gasteiger partial charge in [-0.05, 0) is 6.42 Å². The molecule has 1 aliphatic rings. The third-order valence-corrected chi connectivity index (χ3v) is 3.16. The molecule has 0 aliphatic carbocycles. The average Bonchev–Trinajstić information content (AvgIpc) is 2.73. The summed E-state index contributed by atoms with van der Waals surface area (Å²) in [7, 11) is 0. The van der Waals surface area contributed by atoms with Crippen LogP contribution in [0, 0.1) is 0 Å². The van der Waals surface area contributed by atoms with Crippen LogP contribution in [0.25, 0.3) is 0 Å². The zero-order valence-electron chi connectivity index (χ0n) is 10.8. The number of hydrogen-bond donors (Lipinski definition) is 1. The third kappa shape index (κ3) is 2.81. The number of imidazole rings is 1. The molecule has 1 fully saturated rings. The monoisotopic (exact) mass is 252 g/mol. The van der Waals surface area contributed by atoms with Crippen LogP contribution in [-0.2, 0) is 17.9 Å². The zero-order valence-corrected chi connectivity index (χ0v) is 10.8. The van der Waals surface area contributed by atoms with E-state index in [0.29, 0.717) is 6.54 Å². The van der Waals surface area contributed by atoms with Crippen molar-refractivity contribution in [3.8, 4) is 0 Å². The van der Waals surface area contributed by atoms with E-state index in [4.69, 9.17) is 0 Å². The SMILES string of the molecule is CCCn1ccn(CC(=O)N2CCNCC2)c1=O. The van der Waals surface area contributed by atoms with Gasteiger partial charge in [-0.3, -0.25) is 13.9 Å². The molecule has 2 heterocycles. The molecule has 0 atom stereocenters. The summed E-state index contributed by atoms with van der Waals surface area (Å²) in [6.45, 7) is 5.99. The van der Waals surface area contributed by atoms with Gasteiger partial charge >= 0.3 is 5.69 Å². The Bertz CT molecular complexity index is 457. The van der Waals surface area contributed by atoms with E-state index in [0.717, 1.165) is 32.6 Å². The number of hydrogen-bond acceptors (Lipinski definition) is 3. The fourth-order valence-corrected chi connectivity index (χ4v) is 2.14. The van der Waals surface area contributed by atoms with Crippen molar-refractivity contribution in [1.29, 1.82) is 0 Å². The summed E-state index contributed by atoms with van der Waals surface area (Å²) < 4.78 is 3.13. The maximum Gasteiger partial charge on any atom is 0.328 e. The Morgan fingerprint density at radius 2 is 1.94 bits per heavy atom. The highest BCUT2D eigenvalue weighted by molar-refractivity contribution is 5.76. The minimum atomic E-state index is -0.0969. The van der Waals surface area contributed by atoms with Crippen molar-refractivity contribution in [2.45, 2.75) is 26.4 Å². The second kappa shape index (κ2) is 5.86. The Morgan fingerprint density at radius 3 is 2.61 bits per heavy atom. The van der Waals surface area contributed by atoms with E-state index in [1.807, 2.05) is 6.92 Å². The van der Waals surface area contributed by atoms with Gasteiger partial charge in [-0.2, -0.15) is 0 Å². The summed E-state index contributed by atoms with van der Waals surface area (Å²) in [5, 5.41) is 3.20. The molecular formula is C12H20N4O2. The van der Waals surface area contributed by atoms with Gasteiger partial charge in [0.25, 0.3) is 0 Å². The van der Waals surface area contributed by atoms with Crippen molar-refractivity contribution in [3.05, 3.63) is 22.9 Å². The van der Waals surface area contributed by atoms with Crippen LogP contribution in [0.4, 0.5) is 0 Å². The van der Waals surface area contributed by atoms with E-state index in [2.05, 4.69) is 5.32 Å². The number of amides is 1. The number of carbonyl (C=O) groups is 1. The Hall–Kier alpha value is -1.56. The van der Waals surface area contributed by atoms with Gasteiger partial charge in [0.2, 0.25) is 5.91 Å². The molecule has 1 amide bonds. The molecule has 0 unspecified atom stereocenters. The van der Waals surface area contributed by atoms with Crippen molar-refractivity contribution < 1.29 is 4.79 Å². The van der Waals surface area contributed by atoms with Crippen molar-refractivity contribution in [2.24, 2.45) is 0 Å². The van der Waals surface area contributed by atoms with Crippen molar-refractivity contribution in [1.82, 2.24) is 19.4 Å². The van der Waals surface area contributed by atoms with Gasteiger partial charge in [0, 0.05) is 45.1 Å². The van der Waals surface area contributed by atoms with E-state index in [1.165, 1.54) is 4.57 Å². The van der Waals surface area contributed by atoms with Gasteiger partial charge in [0.1, 0.15) is 6.54 Å². The van der Waals surface area contributed by atoms with Crippen LogP contribution in [0.5, 0.6) is 0 Å². The molecule has 100 valence electrons. The molecule has 1 aromatic heterocycles. The normalized spacial score (nSPS) is 15.9. The first-order chi connectivity index (χ1) is 8.72. The van der Waals surface area contributed by atoms with Gasteiger partial charge in [-0.1, -0.05) is 6.92 Å². The lowest BCUT2D eigenvalue weighted by molar-refractivity contribution is -0.132. The number of nitrogens with one attached hydrogen (secondary N) is 1. The standard InChI is InChI=1S/C12H20N4O2/c1-2-5-15-8-9-16(12(15)18)10-11(17)14-6-3-13-4-7-14/h8-9,13H,2-7,10H2,1H3. The van der Waals surface area contributed by atoms with Crippen LogP contribution in [0.15, 0.2) is 17.2 Å². The van der Waals surface area contributed by atoms with Crippen molar-refractivity contribution in [2.75, 3.05) is 26.2 Å². The highest BCUT2D eigenvalue weighted by atomic mass is 16.2. The van der Waals surface area contributed by atoms with Crippen LogP contribution in [0.3, 0.4) is 0 Å². The Labute approximate surface area is 106 Å². The van der Waals surface area contributed by atoms with Gasteiger partial charge in [0.05, 0.1) is 0 Å². The lowest BCUT2D eigenvalue weighted by Gasteiger charge is -2.27. The quantitative estimate of drug-likeness (QED) is 0.785. The number of nitrogens with zero attached hydrogens (tertiary/aromatic N) is 3. The smallest absolute Gasteiger partial charge is 0.328 e. The van der Waals surface area contributed by atoms with E-state index in [-0.39, 0.29) is 18.1 Å². The predicted molar refractivity (Wildman–Crippen MR) is 68.4 cm³/mol. The van der Waals surface area contributed by atoms with Gasteiger partial charge < -0.3 is 10.2 Å². The number of carbonyl (C=O) groups excluding carboxylic acids is 1. The molecule has 0 radical (unpaired) electrons. The van der Waals surface area contributed by atoms with Crippen molar-refractivity contribution in [3.63, 3.8) is 0 Å². The van der Waals surface area contributed by atoms with Crippen LogP contribution >= 0.6 is 0 Å². The van der Waals surface area contributed by atoms with Gasteiger partial charge in [0.15, 0.2) is 0 Å². The maximum absolute atomic E-state index is 12.0. The molecule has 0 saturated carbocycles. The fraction of sp³-hybridized carbons (Fsp3) is 0.667. The molecule has 0 aromatic carbocycles.